The first-order chi connectivity index (χ1) is 10.2. The van der Waals surface area contributed by atoms with Gasteiger partial charge in [-0.15, -0.1) is 0 Å². The van der Waals surface area contributed by atoms with Crippen LogP contribution in [0.3, 0.4) is 0 Å². The summed E-state index contributed by atoms with van der Waals surface area (Å²) >= 11 is 0. The summed E-state index contributed by atoms with van der Waals surface area (Å²) < 4.78 is 0. The molecular formula is C21H40O. The van der Waals surface area contributed by atoms with Gasteiger partial charge in [-0.2, -0.15) is 0 Å². The Hall–Kier alpha value is -0.330. The molecule has 1 aliphatic rings. The van der Waals surface area contributed by atoms with E-state index in [9.17, 15) is 4.79 Å². The molecule has 0 aromatic carbocycles. The van der Waals surface area contributed by atoms with Gasteiger partial charge in [0.25, 0.3) is 0 Å². The molecule has 1 heteroatoms. The predicted octanol–water partition coefficient (Wildman–Crippen LogP) is 6.65. The lowest BCUT2D eigenvalue weighted by Crippen LogP contribution is -2.37. The van der Waals surface area contributed by atoms with E-state index in [0.717, 1.165) is 44.4 Å². The van der Waals surface area contributed by atoms with Gasteiger partial charge in [-0.1, -0.05) is 61.3 Å². The molecule has 22 heavy (non-hydrogen) atoms. The topological polar surface area (TPSA) is 17.1 Å². The van der Waals surface area contributed by atoms with E-state index < -0.39 is 0 Å². The molecule has 130 valence electrons. The van der Waals surface area contributed by atoms with Crippen molar-refractivity contribution in [3.8, 4) is 0 Å². The van der Waals surface area contributed by atoms with E-state index in [0.29, 0.717) is 23.0 Å². The van der Waals surface area contributed by atoms with Gasteiger partial charge in [0.15, 0.2) is 0 Å². The molecule has 1 fully saturated rings. The Bertz CT molecular complexity index is 347. The van der Waals surface area contributed by atoms with Gasteiger partial charge in [0, 0.05) is 11.3 Å². The van der Waals surface area contributed by atoms with Crippen LogP contribution in [0.25, 0.3) is 0 Å². The highest BCUT2D eigenvalue weighted by molar-refractivity contribution is 5.88. The molecule has 0 N–H and O–H groups in total. The first-order valence-electron chi connectivity index (χ1n) is 9.74. The van der Waals surface area contributed by atoms with E-state index in [1.807, 2.05) is 0 Å². The summed E-state index contributed by atoms with van der Waals surface area (Å²) in [6.07, 6.45) is 9.17. The lowest BCUT2D eigenvalue weighted by atomic mass is 9.63. The summed E-state index contributed by atoms with van der Waals surface area (Å²) in [6.45, 7) is 16.3. The molecule has 1 aliphatic carbocycles. The molecule has 1 saturated carbocycles. The third-order valence-electron chi connectivity index (χ3n) is 6.12. The third kappa shape index (κ3) is 5.10. The summed E-state index contributed by atoms with van der Waals surface area (Å²) in [6, 6.07) is 0. The van der Waals surface area contributed by atoms with Gasteiger partial charge in [-0.05, 0) is 55.8 Å². The lowest BCUT2D eigenvalue weighted by Gasteiger charge is -2.41. The number of hydrogen-bond acceptors (Lipinski definition) is 1. The Balaban J connectivity index is 2.98. The van der Waals surface area contributed by atoms with Crippen LogP contribution in [0.4, 0.5) is 0 Å². The van der Waals surface area contributed by atoms with Gasteiger partial charge >= 0.3 is 0 Å². The van der Waals surface area contributed by atoms with E-state index in [2.05, 4.69) is 48.5 Å². The van der Waals surface area contributed by atoms with Crippen LogP contribution >= 0.6 is 0 Å². The molecule has 0 aromatic heterocycles. The summed E-state index contributed by atoms with van der Waals surface area (Å²) in [7, 11) is 0. The smallest absolute Gasteiger partial charge is 0.142 e. The van der Waals surface area contributed by atoms with Crippen molar-refractivity contribution in [3.63, 3.8) is 0 Å². The molecular weight excluding hydrogens is 268 g/mol. The molecule has 0 saturated heterocycles. The van der Waals surface area contributed by atoms with Crippen LogP contribution in [0.5, 0.6) is 0 Å². The Morgan fingerprint density at radius 1 is 1.14 bits per heavy atom. The molecule has 1 nitrogen and oxygen atoms in total. The minimum atomic E-state index is -0.0404. The molecule has 0 heterocycles. The number of hydrogen-bond donors (Lipinski definition) is 0. The molecule has 0 spiro atoms. The van der Waals surface area contributed by atoms with Crippen LogP contribution in [0.1, 0.15) is 99.8 Å². The Kier molecular flexibility index (Phi) is 7.15. The van der Waals surface area contributed by atoms with E-state index in [1.165, 1.54) is 12.8 Å². The molecule has 1 rings (SSSR count). The van der Waals surface area contributed by atoms with Crippen LogP contribution in [0, 0.1) is 28.6 Å². The van der Waals surface area contributed by atoms with E-state index in [-0.39, 0.29) is 5.41 Å². The fourth-order valence-electron chi connectivity index (χ4n) is 3.95. The summed E-state index contributed by atoms with van der Waals surface area (Å²) in [5.41, 5.74) is 0.253. The van der Waals surface area contributed by atoms with Gasteiger partial charge in [0.05, 0.1) is 0 Å². The second-order valence-electron chi connectivity index (χ2n) is 9.04. The van der Waals surface area contributed by atoms with Gasteiger partial charge in [0.1, 0.15) is 5.78 Å². The van der Waals surface area contributed by atoms with E-state index in [1.54, 1.807) is 0 Å². The normalized spacial score (nSPS) is 21.2. The van der Waals surface area contributed by atoms with Gasteiger partial charge in [-0.25, -0.2) is 0 Å². The van der Waals surface area contributed by atoms with Crippen LogP contribution in [-0.2, 0) is 4.79 Å². The minimum Gasteiger partial charge on any atom is -0.299 e. The summed E-state index contributed by atoms with van der Waals surface area (Å²) in [5.74, 6) is 2.42. The Morgan fingerprint density at radius 3 is 2.09 bits per heavy atom. The van der Waals surface area contributed by atoms with Gasteiger partial charge < -0.3 is 0 Å². The van der Waals surface area contributed by atoms with Crippen molar-refractivity contribution in [1.82, 2.24) is 0 Å². The standard InChI is InChI=1S/C21H40O/c1-8-13-21(10-3,19(22)17-11-12-17)15-18(20(5,6)7)14-16(4)9-2/h16-18H,8-15H2,1-7H3/t16?,18?,21-/m1/s1. The maximum absolute atomic E-state index is 13.1. The largest absolute Gasteiger partial charge is 0.299 e. The van der Waals surface area contributed by atoms with Crippen LogP contribution in [-0.4, -0.2) is 5.78 Å². The van der Waals surface area contributed by atoms with Gasteiger partial charge in [0.2, 0.25) is 0 Å². The van der Waals surface area contributed by atoms with Crippen molar-refractivity contribution in [2.75, 3.05) is 0 Å². The minimum absolute atomic E-state index is 0.0404. The maximum Gasteiger partial charge on any atom is 0.142 e. The molecule has 2 unspecified atom stereocenters. The highest BCUT2D eigenvalue weighted by atomic mass is 16.1. The molecule has 0 aliphatic heterocycles. The molecule has 3 atom stereocenters. The van der Waals surface area contributed by atoms with Gasteiger partial charge in [-0.3, -0.25) is 4.79 Å². The molecule has 0 bridgehead atoms. The van der Waals surface area contributed by atoms with Crippen molar-refractivity contribution in [1.29, 1.82) is 0 Å². The third-order valence-corrected chi connectivity index (χ3v) is 6.12. The average Bonchev–Trinajstić information content (AvgIpc) is 3.28. The quantitative estimate of drug-likeness (QED) is 0.441. The van der Waals surface area contributed by atoms with Crippen molar-refractivity contribution >= 4 is 5.78 Å². The number of carbonyl (C=O) groups excluding carboxylic acids is 1. The van der Waals surface area contributed by atoms with Crippen LogP contribution in [0.2, 0.25) is 0 Å². The monoisotopic (exact) mass is 308 g/mol. The number of rotatable bonds is 10. The first kappa shape index (κ1) is 19.7. The molecule has 0 radical (unpaired) electrons. The average molecular weight is 309 g/mol. The first-order valence-corrected chi connectivity index (χ1v) is 9.74. The fourth-order valence-corrected chi connectivity index (χ4v) is 3.95. The zero-order valence-electron chi connectivity index (χ0n) is 16.3. The number of carbonyl (C=O) groups is 1. The van der Waals surface area contributed by atoms with Crippen molar-refractivity contribution in [2.45, 2.75) is 99.8 Å². The van der Waals surface area contributed by atoms with E-state index >= 15 is 0 Å². The van der Waals surface area contributed by atoms with Crippen molar-refractivity contribution in [3.05, 3.63) is 0 Å². The van der Waals surface area contributed by atoms with Crippen LogP contribution < -0.4 is 0 Å². The number of Topliss-reactive ketones (excluding diaryl/α,β-unsaturated/α-hetero) is 1. The number of ketones is 1. The highest BCUT2D eigenvalue weighted by Crippen LogP contribution is 2.49. The van der Waals surface area contributed by atoms with Crippen molar-refractivity contribution in [2.24, 2.45) is 28.6 Å². The Labute approximate surface area is 139 Å². The van der Waals surface area contributed by atoms with Crippen LogP contribution in [0.15, 0.2) is 0 Å². The summed E-state index contributed by atoms with van der Waals surface area (Å²) in [4.78, 5) is 13.1. The second kappa shape index (κ2) is 7.97. The highest BCUT2D eigenvalue weighted by Gasteiger charge is 2.46. The lowest BCUT2D eigenvalue weighted by molar-refractivity contribution is -0.132. The molecule has 0 amide bonds. The summed E-state index contributed by atoms with van der Waals surface area (Å²) in [5, 5.41) is 0. The van der Waals surface area contributed by atoms with E-state index in [4.69, 9.17) is 0 Å². The second-order valence-corrected chi connectivity index (χ2v) is 9.04. The predicted molar refractivity (Wildman–Crippen MR) is 97.0 cm³/mol. The Morgan fingerprint density at radius 2 is 1.73 bits per heavy atom. The zero-order chi connectivity index (χ0) is 17.0. The SMILES string of the molecule is CCC[C@](CC)(CC(CC(C)CC)C(C)(C)C)C(=O)C1CC1. The fraction of sp³-hybridized carbons (Fsp3) is 0.952. The molecule has 0 aromatic rings. The maximum atomic E-state index is 13.1. The van der Waals surface area contributed by atoms with Crippen molar-refractivity contribution < 1.29 is 4.79 Å². The zero-order valence-corrected chi connectivity index (χ0v) is 16.3.